The average Bonchev–Trinajstić information content (AvgIpc) is 3.49. The van der Waals surface area contributed by atoms with Gasteiger partial charge in [-0.2, -0.15) is 0 Å². The van der Waals surface area contributed by atoms with Crippen molar-refractivity contribution in [2.75, 3.05) is 58.1 Å². The van der Waals surface area contributed by atoms with Gasteiger partial charge in [0.25, 0.3) is 0 Å². The SMILES string of the molecule is COCOc1ccccc1-c1cc2c3c(n(C(=O)OC(C)(C)C)c2nn1)CCN(c1ncc(C2CCN(C4CC5(C4)CN(C(=O)OC(C)(C)C)C5)CC2)cn1)[C@@H]3CO. The summed E-state index contributed by atoms with van der Waals surface area (Å²) in [5.41, 5.74) is 3.27. The number of nitrogens with zero attached hydrogens (tertiary/aromatic N) is 8. The minimum absolute atomic E-state index is 0.0661. The van der Waals surface area contributed by atoms with Gasteiger partial charge in [-0.15, -0.1) is 10.2 Å². The van der Waals surface area contributed by atoms with Crippen LogP contribution >= 0.6 is 0 Å². The van der Waals surface area contributed by atoms with Gasteiger partial charge in [-0.3, -0.25) is 0 Å². The number of para-hydroxylation sites is 1. The average molecular weight is 797 g/mol. The molecule has 3 aliphatic heterocycles. The largest absolute Gasteiger partial charge is 0.467 e. The van der Waals surface area contributed by atoms with Crippen LogP contribution in [0.4, 0.5) is 15.5 Å². The first-order valence-corrected chi connectivity index (χ1v) is 20.4. The summed E-state index contributed by atoms with van der Waals surface area (Å²) in [6.07, 6.45) is 7.95. The van der Waals surface area contributed by atoms with Crippen molar-refractivity contribution in [3.05, 3.63) is 59.5 Å². The number of aliphatic hydroxyl groups excluding tert-OH is 1. The number of ether oxygens (including phenoxy) is 4. The van der Waals surface area contributed by atoms with E-state index in [2.05, 4.69) is 15.1 Å². The van der Waals surface area contributed by atoms with Crippen molar-refractivity contribution in [1.82, 2.24) is 34.5 Å². The summed E-state index contributed by atoms with van der Waals surface area (Å²) < 4.78 is 23.9. The van der Waals surface area contributed by atoms with Crippen LogP contribution in [0.15, 0.2) is 42.7 Å². The zero-order valence-electron chi connectivity index (χ0n) is 34.7. The summed E-state index contributed by atoms with van der Waals surface area (Å²) in [4.78, 5) is 42.5. The first kappa shape index (κ1) is 39.9. The summed E-state index contributed by atoms with van der Waals surface area (Å²) in [6, 6.07) is 9.42. The number of amides is 1. The second-order valence-electron chi connectivity index (χ2n) is 18.4. The standard InChI is InChI=1S/C43H56N8O7/c1-41(2,3)57-39(53)49-24-43(25-49)19-29(20-43)48-15-12-27(13-16-48)28-21-44-38(45-22-28)50-17-14-33-36(34(50)23-52)31-18-32(30-10-8-9-11-35(30)56-26-55-7)46-47-37(31)51(33)40(54)58-42(4,5)6/h8-11,18,21-22,27,29,34,52H,12-17,19-20,23-26H2,1-7H3/t34-/m1/s1. The molecule has 58 heavy (non-hydrogen) atoms. The van der Waals surface area contributed by atoms with Crippen molar-refractivity contribution in [2.24, 2.45) is 5.41 Å². The molecule has 1 aromatic carbocycles. The third kappa shape index (κ3) is 7.83. The predicted octanol–water partition coefficient (Wildman–Crippen LogP) is 6.33. The molecule has 0 bridgehead atoms. The number of likely N-dealkylation sites (tertiary alicyclic amines) is 2. The second-order valence-corrected chi connectivity index (χ2v) is 18.4. The zero-order chi connectivity index (χ0) is 41.0. The van der Waals surface area contributed by atoms with E-state index in [4.69, 9.17) is 28.9 Å². The van der Waals surface area contributed by atoms with Gasteiger partial charge in [0.15, 0.2) is 12.4 Å². The van der Waals surface area contributed by atoms with Gasteiger partial charge in [0, 0.05) is 79.2 Å². The third-order valence-corrected chi connectivity index (χ3v) is 11.9. The number of piperidine rings is 1. The number of aliphatic hydroxyl groups is 1. The van der Waals surface area contributed by atoms with Gasteiger partial charge in [-0.05, 0) is 110 Å². The molecule has 1 amide bonds. The summed E-state index contributed by atoms with van der Waals surface area (Å²) in [5.74, 6) is 1.47. The minimum atomic E-state index is -0.738. The van der Waals surface area contributed by atoms with Gasteiger partial charge >= 0.3 is 12.2 Å². The number of benzene rings is 1. The molecule has 15 heteroatoms. The smallest absolute Gasteiger partial charge is 0.420 e. The number of hydrogen-bond acceptors (Lipinski definition) is 13. The van der Waals surface area contributed by atoms with Crippen LogP contribution in [0.2, 0.25) is 0 Å². The van der Waals surface area contributed by atoms with Crippen LogP contribution in [-0.2, 0) is 20.6 Å². The van der Waals surface area contributed by atoms with Crippen LogP contribution in [0.5, 0.6) is 5.75 Å². The van der Waals surface area contributed by atoms with Crippen LogP contribution in [0.25, 0.3) is 22.3 Å². The lowest BCUT2D eigenvalue weighted by Gasteiger charge is -2.61. The fraction of sp³-hybridized carbons (Fsp3) is 0.581. The Balaban J connectivity index is 0.977. The summed E-state index contributed by atoms with van der Waals surface area (Å²) in [5, 5.41) is 20.9. The van der Waals surface area contributed by atoms with E-state index in [1.54, 1.807) is 7.11 Å². The van der Waals surface area contributed by atoms with Gasteiger partial charge in [0.2, 0.25) is 5.95 Å². The van der Waals surface area contributed by atoms with Crippen LogP contribution in [-0.4, -0.2) is 122 Å². The molecular weight excluding hydrogens is 741 g/mol. The van der Waals surface area contributed by atoms with Crippen LogP contribution in [0.1, 0.15) is 96.0 Å². The molecule has 4 aliphatic rings. The topological polar surface area (TPSA) is 157 Å². The molecule has 3 fully saturated rings. The molecule has 1 spiro atoms. The van der Waals surface area contributed by atoms with E-state index in [0.717, 1.165) is 63.0 Å². The molecule has 8 rings (SSSR count). The van der Waals surface area contributed by atoms with Gasteiger partial charge in [-0.25, -0.2) is 24.1 Å². The number of aromatic nitrogens is 5. The third-order valence-electron chi connectivity index (χ3n) is 11.9. The molecule has 3 aromatic heterocycles. The van der Waals surface area contributed by atoms with E-state index in [9.17, 15) is 14.7 Å². The maximum atomic E-state index is 13.8. The van der Waals surface area contributed by atoms with Crippen molar-refractivity contribution >= 4 is 29.2 Å². The molecule has 6 heterocycles. The first-order chi connectivity index (χ1) is 27.7. The molecule has 4 aromatic rings. The maximum Gasteiger partial charge on any atom is 0.420 e. The van der Waals surface area contributed by atoms with Crippen molar-refractivity contribution < 1.29 is 33.6 Å². The van der Waals surface area contributed by atoms with Gasteiger partial charge in [0.1, 0.15) is 17.0 Å². The Morgan fingerprint density at radius 2 is 1.59 bits per heavy atom. The van der Waals surface area contributed by atoms with Crippen molar-refractivity contribution in [1.29, 1.82) is 0 Å². The lowest BCUT2D eigenvalue weighted by atomic mass is 9.60. The van der Waals surface area contributed by atoms with Crippen LogP contribution in [0, 0.1) is 5.41 Å². The highest BCUT2D eigenvalue weighted by atomic mass is 16.7. The molecule has 2 saturated heterocycles. The number of hydrogen-bond donors (Lipinski definition) is 1. The number of carbonyl (C=O) groups excluding carboxylic acids is 2. The highest BCUT2D eigenvalue weighted by molar-refractivity contribution is 5.94. The Morgan fingerprint density at radius 3 is 2.24 bits per heavy atom. The normalized spacial score (nSPS) is 20.1. The Labute approximate surface area is 339 Å². The Morgan fingerprint density at radius 1 is 0.914 bits per heavy atom. The molecule has 310 valence electrons. The fourth-order valence-electron chi connectivity index (χ4n) is 9.26. The van der Waals surface area contributed by atoms with Gasteiger partial charge < -0.3 is 38.8 Å². The van der Waals surface area contributed by atoms with E-state index >= 15 is 0 Å². The summed E-state index contributed by atoms with van der Waals surface area (Å²) in [6.45, 7) is 15.2. The summed E-state index contributed by atoms with van der Waals surface area (Å²) >= 11 is 0. The second kappa shape index (κ2) is 15.4. The van der Waals surface area contributed by atoms with Crippen molar-refractivity contribution in [3.8, 4) is 17.0 Å². The Bertz CT molecular complexity index is 2140. The Hall–Kier alpha value is -4.86. The number of methoxy groups -OCH3 is 1. The van der Waals surface area contributed by atoms with Crippen LogP contribution in [0.3, 0.4) is 0 Å². The van der Waals surface area contributed by atoms with E-state index in [1.165, 1.54) is 4.57 Å². The number of carbonyl (C=O) groups is 2. The quantitative estimate of drug-likeness (QED) is 0.198. The highest BCUT2D eigenvalue weighted by Gasteiger charge is 2.55. The fourth-order valence-corrected chi connectivity index (χ4v) is 9.26. The lowest BCUT2D eigenvalue weighted by Crippen LogP contribution is -2.68. The first-order valence-electron chi connectivity index (χ1n) is 20.4. The molecular formula is C43H56N8O7. The van der Waals surface area contributed by atoms with E-state index in [0.29, 0.717) is 64.6 Å². The lowest BCUT2D eigenvalue weighted by molar-refractivity contribution is -0.110. The van der Waals surface area contributed by atoms with E-state index in [-0.39, 0.29) is 24.9 Å². The number of fused-ring (bicyclic) bond motifs is 3. The molecule has 1 saturated carbocycles. The molecule has 1 N–H and O–H groups in total. The predicted molar refractivity (Wildman–Crippen MR) is 217 cm³/mol. The van der Waals surface area contributed by atoms with Gasteiger partial charge in [-0.1, -0.05) is 12.1 Å². The maximum absolute atomic E-state index is 13.8. The monoisotopic (exact) mass is 796 g/mol. The van der Waals surface area contributed by atoms with Crippen molar-refractivity contribution in [3.63, 3.8) is 0 Å². The molecule has 0 radical (unpaired) electrons. The number of anilines is 1. The van der Waals surface area contributed by atoms with Gasteiger partial charge in [0.05, 0.1) is 18.3 Å². The molecule has 1 atom stereocenters. The number of rotatable bonds is 8. The van der Waals surface area contributed by atoms with E-state index in [1.807, 2.05) is 94.1 Å². The minimum Gasteiger partial charge on any atom is -0.467 e. The molecule has 1 aliphatic carbocycles. The summed E-state index contributed by atoms with van der Waals surface area (Å²) in [7, 11) is 1.56. The van der Waals surface area contributed by atoms with E-state index < -0.39 is 23.3 Å². The Kier molecular flexibility index (Phi) is 10.6. The highest BCUT2D eigenvalue weighted by Crippen LogP contribution is 2.51. The molecule has 15 nitrogen and oxygen atoms in total. The van der Waals surface area contributed by atoms with Crippen LogP contribution < -0.4 is 9.64 Å². The van der Waals surface area contributed by atoms with Crippen molar-refractivity contribution in [2.45, 2.75) is 103 Å². The zero-order valence-corrected chi connectivity index (χ0v) is 34.7. The molecule has 0 unspecified atom stereocenters.